The Morgan fingerprint density at radius 2 is 2.39 bits per heavy atom. The molecule has 10 nitrogen and oxygen atoms in total. The van der Waals surface area contributed by atoms with Crippen LogP contribution >= 0.6 is 11.8 Å². The van der Waals surface area contributed by atoms with Gasteiger partial charge in [-0.25, -0.2) is 9.48 Å². The minimum Gasteiger partial charge on any atom is -1.00 e. The van der Waals surface area contributed by atoms with Crippen molar-refractivity contribution < 1.29 is 50.4 Å². The molecule has 2 N–H and O–H groups in total. The zero-order chi connectivity index (χ0) is 15.4. The van der Waals surface area contributed by atoms with Crippen LogP contribution in [0.2, 0.25) is 0 Å². The average molecular weight is 348 g/mol. The molecule has 4 heterocycles. The first-order valence-corrected chi connectivity index (χ1v) is 7.61. The number of amides is 1. The number of ether oxygens (including phenoxy) is 1. The van der Waals surface area contributed by atoms with Gasteiger partial charge >= 0.3 is 35.5 Å². The number of carboxylic acids is 1. The smallest absolute Gasteiger partial charge is 1.00 e. The molecule has 3 atom stereocenters. The standard InChI is InChI=1S/C11H12N6O4S.Na.H/c1-16-11(13-14-15-16)22-3-5-8(10(19)20)17-7-4(21-5)2-12-6(7)9(17)18;;/h4,6-7,12H,2-3H2,1H3,(H,19,20);;/q;+1;-1/t4-,6+,7-;;/m1../s1. The van der Waals surface area contributed by atoms with E-state index in [1.165, 1.54) is 21.3 Å². The number of aromatic nitrogens is 4. The summed E-state index contributed by atoms with van der Waals surface area (Å²) in [6.45, 7) is 0.532. The molecule has 1 amide bonds. The van der Waals surface area contributed by atoms with Crippen molar-refractivity contribution in [3.05, 3.63) is 11.5 Å². The Labute approximate surface area is 158 Å². The van der Waals surface area contributed by atoms with E-state index in [1.807, 2.05) is 0 Å². The van der Waals surface area contributed by atoms with Crippen LogP contribution in [0.4, 0.5) is 0 Å². The molecule has 12 heteroatoms. The van der Waals surface area contributed by atoms with E-state index in [1.54, 1.807) is 7.05 Å². The number of hydrogen-bond acceptors (Lipinski definition) is 8. The quantitative estimate of drug-likeness (QED) is 0.314. The van der Waals surface area contributed by atoms with Gasteiger partial charge in [0.2, 0.25) is 11.1 Å². The summed E-state index contributed by atoms with van der Waals surface area (Å²) in [6, 6.07) is -0.541. The molecule has 0 saturated carbocycles. The topological polar surface area (TPSA) is 122 Å². The third-order valence-corrected chi connectivity index (χ3v) is 4.99. The third kappa shape index (κ3) is 2.47. The van der Waals surface area contributed by atoms with Crippen LogP contribution in [-0.2, 0) is 21.4 Å². The van der Waals surface area contributed by atoms with Gasteiger partial charge in [0, 0.05) is 13.6 Å². The number of β-lactam (4-membered cyclic amide) rings is 1. The first kappa shape index (κ1) is 16.7. The Morgan fingerprint density at radius 3 is 3.04 bits per heavy atom. The van der Waals surface area contributed by atoms with E-state index in [-0.39, 0.29) is 72.3 Å². The molecular weight excluding hydrogens is 335 g/mol. The summed E-state index contributed by atoms with van der Waals surface area (Å²) in [5, 5.41) is 24.1. The number of rotatable bonds is 4. The summed E-state index contributed by atoms with van der Waals surface area (Å²) >= 11 is 1.26. The molecule has 1 aromatic heterocycles. The molecule has 0 aromatic carbocycles. The fourth-order valence-corrected chi connectivity index (χ4v) is 3.79. The first-order chi connectivity index (χ1) is 10.6. The van der Waals surface area contributed by atoms with Crippen molar-refractivity contribution >= 4 is 23.6 Å². The summed E-state index contributed by atoms with van der Waals surface area (Å²) in [5.74, 6) is -0.856. The summed E-state index contributed by atoms with van der Waals surface area (Å²) in [6.07, 6.45) is -0.209. The van der Waals surface area contributed by atoms with E-state index < -0.39 is 5.97 Å². The van der Waals surface area contributed by atoms with Crippen molar-refractivity contribution in [2.45, 2.75) is 23.3 Å². The van der Waals surface area contributed by atoms with Crippen LogP contribution in [0.3, 0.4) is 0 Å². The van der Waals surface area contributed by atoms with Gasteiger partial charge in [0.15, 0.2) is 5.70 Å². The van der Waals surface area contributed by atoms with E-state index in [0.717, 1.165) is 0 Å². The number of hydrogen-bond donors (Lipinski definition) is 2. The molecular formula is C11H13N6NaO4S. The fraction of sp³-hybridized carbons (Fsp3) is 0.545. The summed E-state index contributed by atoms with van der Waals surface area (Å²) in [7, 11) is 1.69. The normalized spacial score (nSPS) is 28.0. The molecule has 0 bridgehead atoms. The second-order valence-corrected chi connectivity index (χ2v) is 6.13. The Hall–Kier alpha value is -1.14. The molecule has 3 aliphatic rings. The molecule has 0 spiro atoms. The van der Waals surface area contributed by atoms with Crippen LogP contribution in [0.5, 0.6) is 0 Å². The van der Waals surface area contributed by atoms with Crippen LogP contribution in [0.15, 0.2) is 16.6 Å². The predicted octanol–water partition coefficient (Wildman–Crippen LogP) is -4.70. The molecule has 4 rings (SSSR count). The molecule has 2 saturated heterocycles. The molecule has 0 unspecified atom stereocenters. The van der Waals surface area contributed by atoms with Gasteiger partial charge in [0.05, 0.1) is 11.8 Å². The number of thioether (sulfide) groups is 1. The van der Waals surface area contributed by atoms with Crippen molar-refractivity contribution in [1.29, 1.82) is 0 Å². The van der Waals surface area contributed by atoms with Crippen molar-refractivity contribution in [1.82, 2.24) is 30.4 Å². The van der Waals surface area contributed by atoms with E-state index in [9.17, 15) is 14.7 Å². The van der Waals surface area contributed by atoms with Crippen LogP contribution < -0.4 is 34.9 Å². The summed E-state index contributed by atoms with van der Waals surface area (Å²) < 4.78 is 7.30. The number of tetrazole rings is 1. The van der Waals surface area contributed by atoms with Crippen LogP contribution in [0, 0.1) is 0 Å². The number of aliphatic carboxylic acids is 1. The van der Waals surface area contributed by atoms with Crippen LogP contribution in [0.1, 0.15) is 1.43 Å². The number of carbonyl (C=O) groups is 2. The van der Waals surface area contributed by atoms with Crippen molar-refractivity contribution in [2.75, 3.05) is 12.3 Å². The SMILES string of the molecule is Cn1nnnc1SCC1=C(C(=O)O)N2C(=O)[C@H]3NC[C@@H](O1)[C@H]32.[H-].[Na+]. The zero-order valence-electron chi connectivity index (χ0n) is 13.5. The van der Waals surface area contributed by atoms with Crippen molar-refractivity contribution in [3.8, 4) is 0 Å². The van der Waals surface area contributed by atoms with E-state index in [2.05, 4.69) is 20.8 Å². The Balaban J connectivity index is 0.00000104. The number of nitrogens with zero attached hydrogens (tertiary/aromatic N) is 5. The van der Waals surface area contributed by atoms with E-state index in [0.29, 0.717) is 11.7 Å². The average Bonchev–Trinajstić information content (AvgIpc) is 3.07. The molecule has 1 aromatic rings. The molecule has 3 aliphatic heterocycles. The van der Waals surface area contributed by atoms with Crippen LogP contribution in [0.25, 0.3) is 0 Å². The maximum atomic E-state index is 12.1. The summed E-state index contributed by atoms with van der Waals surface area (Å²) in [4.78, 5) is 25.0. The zero-order valence-corrected chi connectivity index (χ0v) is 15.3. The minimum absolute atomic E-state index is 0. The Morgan fingerprint density at radius 1 is 1.61 bits per heavy atom. The van der Waals surface area contributed by atoms with Gasteiger partial charge in [-0.1, -0.05) is 11.8 Å². The second-order valence-electron chi connectivity index (χ2n) is 5.19. The monoisotopic (exact) mass is 348 g/mol. The van der Waals surface area contributed by atoms with Gasteiger partial charge in [-0.3, -0.25) is 9.69 Å². The fourth-order valence-electron chi connectivity index (χ4n) is 3.00. The number of carbonyl (C=O) groups excluding carboxylic acids is 1. The molecule has 23 heavy (non-hydrogen) atoms. The second kappa shape index (κ2) is 6.06. The predicted molar refractivity (Wildman–Crippen MR) is 72.6 cm³/mol. The van der Waals surface area contributed by atoms with Crippen molar-refractivity contribution in [2.24, 2.45) is 7.05 Å². The number of nitrogens with one attached hydrogen (secondary N) is 1. The minimum atomic E-state index is -1.16. The van der Waals surface area contributed by atoms with Gasteiger partial charge in [0.25, 0.3) is 0 Å². The maximum Gasteiger partial charge on any atom is 1.00 e. The van der Waals surface area contributed by atoms with E-state index in [4.69, 9.17) is 4.74 Å². The maximum absolute atomic E-state index is 12.1. The van der Waals surface area contributed by atoms with Gasteiger partial charge in [-0.2, -0.15) is 0 Å². The Bertz CT molecular complexity index is 714. The number of aryl methyl sites for hydroxylation is 1. The third-order valence-electron chi connectivity index (χ3n) is 3.98. The first-order valence-electron chi connectivity index (χ1n) is 6.62. The van der Waals surface area contributed by atoms with Gasteiger partial charge in [-0.15, -0.1) is 5.10 Å². The van der Waals surface area contributed by atoms with Gasteiger partial charge in [-0.05, 0) is 10.4 Å². The summed E-state index contributed by atoms with van der Waals surface area (Å²) in [5.41, 5.74) is -0.0752. The number of carboxylic acid groups (broad SMARTS) is 1. The Kier molecular flexibility index (Phi) is 4.40. The van der Waals surface area contributed by atoms with Gasteiger partial charge < -0.3 is 16.6 Å². The molecule has 0 radical (unpaired) electrons. The molecule has 0 aliphatic carbocycles. The largest absolute Gasteiger partial charge is 1.00 e. The molecule has 2 fully saturated rings. The van der Waals surface area contributed by atoms with Crippen molar-refractivity contribution in [3.63, 3.8) is 0 Å². The van der Waals surface area contributed by atoms with E-state index >= 15 is 0 Å². The molecule has 118 valence electrons. The van der Waals surface area contributed by atoms with Gasteiger partial charge in [0.1, 0.15) is 17.9 Å². The van der Waals surface area contributed by atoms with Crippen LogP contribution in [-0.4, -0.2) is 72.6 Å².